The molecule has 0 saturated carbocycles. The highest BCUT2D eigenvalue weighted by atomic mass is 79.9. The summed E-state index contributed by atoms with van der Waals surface area (Å²) < 4.78 is 1.15. The van der Waals surface area contributed by atoms with Crippen LogP contribution in [0.15, 0.2) is 28.7 Å². The quantitative estimate of drug-likeness (QED) is 0.864. The Morgan fingerprint density at radius 2 is 2.07 bits per heavy atom. The van der Waals surface area contributed by atoms with Gasteiger partial charge in [-0.3, -0.25) is 0 Å². The lowest BCUT2D eigenvalue weighted by Crippen LogP contribution is -2.18. The molecule has 0 heterocycles. The summed E-state index contributed by atoms with van der Waals surface area (Å²) in [5.74, 6) is 0.714. The Balaban J connectivity index is 2.78. The molecule has 1 aromatic rings. The molecule has 0 aliphatic heterocycles. The summed E-state index contributed by atoms with van der Waals surface area (Å²) in [6, 6.07) is 8.97. The largest absolute Gasteiger partial charge is 0.313 e. The Morgan fingerprint density at radius 3 is 2.57 bits per heavy atom. The first kappa shape index (κ1) is 11.7. The van der Waals surface area contributed by atoms with Crippen LogP contribution in [0, 0.1) is 5.92 Å². The Labute approximate surface area is 95.0 Å². The number of halogens is 1. The normalized spacial score (nSPS) is 13.2. The number of nitrogens with one attached hydrogen (secondary N) is 1. The molecule has 1 rings (SSSR count). The van der Waals surface area contributed by atoms with E-state index >= 15 is 0 Å². The SMILES string of the molecule is CNC(CC(C)C)c1cccc(Br)c1. The van der Waals surface area contributed by atoms with Crippen molar-refractivity contribution in [2.75, 3.05) is 7.05 Å². The molecular formula is C12H18BrN. The molecule has 0 aliphatic rings. The fourth-order valence-electron chi connectivity index (χ4n) is 1.62. The molecule has 0 fully saturated rings. The number of benzene rings is 1. The van der Waals surface area contributed by atoms with Crippen molar-refractivity contribution >= 4 is 15.9 Å². The van der Waals surface area contributed by atoms with Crippen molar-refractivity contribution in [2.45, 2.75) is 26.3 Å². The summed E-state index contributed by atoms with van der Waals surface area (Å²) in [5, 5.41) is 3.36. The van der Waals surface area contributed by atoms with E-state index in [2.05, 4.69) is 59.4 Å². The van der Waals surface area contributed by atoms with Crippen LogP contribution in [-0.2, 0) is 0 Å². The maximum absolute atomic E-state index is 3.50. The summed E-state index contributed by atoms with van der Waals surface area (Å²) in [6.45, 7) is 4.50. The molecule has 0 spiro atoms. The lowest BCUT2D eigenvalue weighted by Gasteiger charge is -2.18. The van der Waals surface area contributed by atoms with Gasteiger partial charge in [0.2, 0.25) is 0 Å². The van der Waals surface area contributed by atoms with Crippen LogP contribution < -0.4 is 5.32 Å². The highest BCUT2D eigenvalue weighted by Gasteiger charge is 2.10. The van der Waals surface area contributed by atoms with Gasteiger partial charge in [0, 0.05) is 10.5 Å². The molecule has 1 unspecified atom stereocenters. The highest BCUT2D eigenvalue weighted by molar-refractivity contribution is 9.10. The standard InChI is InChI=1S/C12H18BrN/c1-9(2)7-12(14-3)10-5-4-6-11(13)8-10/h4-6,8-9,12,14H,7H2,1-3H3. The van der Waals surface area contributed by atoms with E-state index in [0.29, 0.717) is 12.0 Å². The van der Waals surface area contributed by atoms with Crippen molar-refractivity contribution in [3.63, 3.8) is 0 Å². The predicted molar refractivity (Wildman–Crippen MR) is 65.4 cm³/mol. The lowest BCUT2D eigenvalue weighted by molar-refractivity contribution is 0.456. The predicted octanol–water partition coefficient (Wildman–Crippen LogP) is 3.76. The van der Waals surface area contributed by atoms with E-state index in [-0.39, 0.29) is 0 Å². The van der Waals surface area contributed by atoms with Crippen molar-refractivity contribution < 1.29 is 0 Å². The van der Waals surface area contributed by atoms with Crippen LogP contribution in [0.5, 0.6) is 0 Å². The number of hydrogen-bond donors (Lipinski definition) is 1. The Hall–Kier alpha value is -0.340. The third-order valence-corrected chi connectivity index (χ3v) is 2.80. The van der Waals surface area contributed by atoms with Crippen molar-refractivity contribution in [3.8, 4) is 0 Å². The zero-order chi connectivity index (χ0) is 10.6. The third kappa shape index (κ3) is 3.43. The fourth-order valence-corrected chi connectivity index (χ4v) is 2.03. The molecule has 0 radical (unpaired) electrons. The minimum Gasteiger partial charge on any atom is -0.313 e. The van der Waals surface area contributed by atoms with Gasteiger partial charge in [-0.25, -0.2) is 0 Å². The van der Waals surface area contributed by atoms with Gasteiger partial charge in [-0.05, 0) is 37.1 Å². The van der Waals surface area contributed by atoms with Crippen LogP contribution in [0.25, 0.3) is 0 Å². The molecule has 2 heteroatoms. The van der Waals surface area contributed by atoms with E-state index < -0.39 is 0 Å². The molecule has 0 aliphatic carbocycles. The maximum atomic E-state index is 3.50. The van der Waals surface area contributed by atoms with E-state index in [4.69, 9.17) is 0 Å². The minimum absolute atomic E-state index is 0.465. The topological polar surface area (TPSA) is 12.0 Å². The van der Waals surface area contributed by atoms with Crippen molar-refractivity contribution in [1.82, 2.24) is 5.32 Å². The number of hydrogen-bond acceptors (Lipinski definition) is 1. The first-order valence-corrected chi connectivity index (χ1v) is 5.85. The zero-order valence-electron chi connectivity index (χ0n) is 9.05. The molecular weight excluding hydrogens is 238 g/mol. The first-order valence-electron chi connectivity index (χ1n) is 5.06. The van der Waals surface area contributed by atoms with Gasteiger partial charge in [0.15, 0.2) is 0 Å². The summed E-state index contributed by atoms with van der Waals surface area (Å²) in [6.07, 6.45) is 1.17. The molecule has 0 aromatic heterocycles. The van der Waals surface area contributed by atoms with E-state index in [0.717, 1.165) is 4.47 Å². The van der Waals surface area contributed by atoms with Gasteiger partial charge < -0.3 is 5.32 Å². The second-order valence-electron chi connectivity index (χ2n) is 4.03. The van der Waals surface area contributed by atoms with Gasteiger partial charge in [-0.2, -0.15) is 0 Å². The average Bonchev–Trinajstić information content (AvgIpc) is 2.14. The second-order valence-corrected chi connectivity index (χ2v) is 4.94. The van der Waals surface area contributed by atoms with Crippen LogP contribution in [0.1, 0.15) is 31.9 Å². The Morgan fingerprint density at radius 1 is 1.36 bits per heavy atom. The van der Waals surface area contributed by atoms with Crippen molar-refractivity contribution in [2.24, 2.45) is 5.92 Å². The molecule has 1 aromatic carbocycles. The van der Waals surface area contributed by atoms with Gasteiger partial charge >= 0.3 is 0 Å². The molecule has 0 bridgehead atoms. The number of rotatable bonds is 4. The van der Waals surface area contributed by atoms with Gasteiger partial charge in [-0.1, -0.05) is 41.9 Å². The van der Waals surface area contributed by atoms with E-state index in [1.165, 1.54) is 12.0 Å². The highest BCUT2D eigenvalue weighted by Crippen LogP contribution is 2.23. The van der Waals surface area contributed by atoms with E-state index in [9.17, 15) is 0 Å². The van der Waals surface area contributed by atoms with Gasteiger partial charge in [0.1, 0.15) is 0 Å². The Bertz CT molecular complexity index is 283. The van der Waals surface area contributed by atoms with Crippen LogP contribution in [0.3, 0.4) is 0 Å². The van der Waals surface area contributed by atoms with Crippen molar-refractivity contribution in [3.05, 3.63) is 34.3 Å². The van der Waals surface area contributed by atoms with Crippen LogP contribution in [0.4, 0.5) is 0 Å². The molecule has 1 atom stereocenters. The second kappa shape index (κ2) is 5.52. The average molecular weight is 256 g/mol. The molecule has 1 nitrogen and oxygen atoms in total. The third-order valence-electron chi connectivity index (χ3n) is 2.31. The lowest BCUT2D eigenvalue weighted by atomic mass is 9.97. The van der Waals surface area contributed by atoms with Crippen LogP contribution >= 0.6 is 15.9 Å². The molecule has 0 saturated heterocycles. The maximum Gasteiger partial charge on any atom is 0.0320 e. The summed E-state index contributed by atoms with van der Waals surface area (Å²) in [7, 11) is 2.02. The molecule has 1 N–H and O–H groups in total. The zero-order valence-corrected chi connectivity index (χ0v) is 10.6. The smallest absolute Gasteiger partial charge is 0.0320 e. The summed E-state index contributed by atoms with van der Waals surface area (Å²) >= 11 is 3.50. The van der Waals surface area contributed by atoms with Gasteiger partial charge in [0.05, 0.1) is 0 Å². The van der Waals surface area contributed by atoms with E-state index in [1.54, 1.807) is 0 Å². The molecule has 14 heavy (non-hydrogen) atoms. The van der Waals surface area contributed by atoms with Gasteiger partial charge in [0.25, 0.3) is 0 Å². The van der Waals surface area contributed by atoms with Gasteiger partial charge in [-0.15, -0.1) is 0 Å². The van der Waals surface area contributed by atoms with Crippen LogP contribution in [-0.4, -0.2) is 7.05 Å². The fraction of sp³-hybridized carbons (Fsp3) is 0.500. The van der Waals surface area contributed by atoms with Crippen molar-refractivity contribution in [1.29, 1.82) is 0 Å². The van der Waals surface area contributed by atoms with Crippen LogP contribution in [0.2, 0.25) is 0 Å². The molecule has 78 valence electrons. The van der Waals surface area contributed by atoms with E-state index in [1.807, 2.05) is 7.05 Å². The summed E-state index contributed by atoms with van der Waals surface area (Å²) in [4.78, 5) is 0. The first-order chi connectivity index (χ1) is 6.63. The summed E-state index contributed by atoms with van der Waals surface area (Å²) in [5.41, 5.74) is 1.36. The molecule has 0 amide bonds. The Kier molecular flexibility index (Phi) is 4.63. The monoisotopic (exact) mass is 255 g/mol. The minimum atomic E-state index is 0.465.